The molecule has 0 saturated carbocycles. The number of carbonyl (C=O) groups excluding carboxylic acids is 1. The molecule has 0 aromatic carbocycles. The second-order valence-corrected chi connectivity index (χ2v) is 3.93. The normalized spacial score (nSPS) is 14.6. The van der Waals surface area contributed by atoms with Gasteiger partial charge in [0.05, 0.1) is 5.34 Å². The van der Waals surface area contributed by atoms with Crippen LogP contribution in [0.15, 0.2) is 0 Å². The number of rotatable bonds is 0. The minimum atomic E-state index is -3.56. The molecule has 1 amide bonds. The summed E-state index contributed by atoms with van der Waals surface area (Å²) in [6.07, 6.45) is 1.76. The summed E-state index contributed by atoms with van der Waals surface area (Å²) < 4.78 is 21.1. The van der Waals surface area contributed by atoms with Gasteiger partial charge in [-0.15, -0.1) is 23.2 Å². The van der Waals surface area contributed by atoms with E-state index in [9.17, 15) is 13.6 Å². The fourth-order valence-electron chi connectivity index (χ4n) is 0.565. The van der Waals surface area contributed by atoms with Gasteiger partial charge in [-0.1, -0.05) is 0 Å². The van der Waals surface area contributed by atoms with Crippen LogP contribution in [0.4, 0.5) is 8.78 Å². The van der Waals surface area contributed by atoms with E-state index in [0.717, 1.165) is 19.4 Å². The Morgan fingerprint density at radius 1 is 1.36 bits per heavy atom. The summed E-state index contributed by atoms with van der Waals surface area (Å²) in [6.45, 7) is 0.888. The van der Waals surface area contributed by atoms with Crippen LogP contribution in [0.25, 0.3) is 0 Å². The summed E-state index contributed by atoms with van der Waals surface area (Å²) in [7, 11) is 0. The van der Waals surface area contributed by atoms with Crippen LogP contribution in [-0.4, -0.2) is 22.6 Å². The van der Waals surface area contributed by atoms with Crippen LogP contribution in [0, 0.1) is 0 Å². The molecular weight excluding hydrogens is 282 g/mol. The molecule has 1 fully saturated rings. The van der Waals surface area contributed by atoms with Crippen molar-refractivity contribution < 1.29 is 13.6 Å². The molecule has 14 heavy (non-hydrogen) atoms. The van der Waals surface area contributed by atoms with Gasteiger partial charge >= 0.3 is 4.84 Å². The zero-order valence-corrected chi connectivity index (χ0v) is 10.0. The minimum absolute atomic E-state index is 0.194. The maximum Gasteiger partial charge on any atom is 0.401 e. The lowest BCUT2D eigenvalue weighted by atomic mass is 10.4. The van der Waals surface area contributed by atoms with E-state index in [0.29, 0.717) is 0 Å². The van der Waals surface area contributed by atoms with Crippen molar-refractivity contribution in [2.24, 2.45) is 0 Å². The summed E-state index contributed by atoms with van der Waals surface area (Å²) in [4.78, 5) is 6.58. The highest BCUT2D eigenvalue weighted by atomic mass is 35.5. The highest BCUT2D eigenvalue weighted by Crippen LogP contribution is 2.22. The molecule has 1 rings (SSSR count). The Labute approximate surface area is 101 Å². The summed E-state index contributed by atoms with van der Waals surface area (Å²) in [5.41, 5.74) is 0. The highest BCUT2D eigenvalue weighted by molar-refractivity contribution is 6.45. The monoisotopic (exact) mass is 289 g/mol. The molecule has 1 N–H and O–H groups in total. The number of nitrogens with one attached hydrogen (secondary N) is 1. The molecule has 1 saturated heterocycles. The van der Waals surface area contributed by atoms with Crippen LogP contribution in [0.5, 0.6) is 0 Å². The summed E-state index contributed by atoms with van der Waals surface area (Å²) >= 11 is 17.5. The van der Waals surface area contributed by atoms with Gasteiger partial charge in [-0.05, 0) is 29.6 Å². The van der Waals surface area contributed by atoms with Crippen molar-refractivity contribution in [3.8, 4) is 0 Å². The van der Waals surface area contributed by atoms with Gasteiger partial charge in [-0.3, -0.25) is 4.79 Å². The zero-order chi connectivity index (χ0) is 11.6. The van der Waals surface area contributed by atoms with E-state index < -0.39 is 4.84 Å². The largest absolute Gasteiger partial charge is 0.401 e. The average molecular weight is 291 g/mol. The molecule has 1 heterocycles. The first-order valence-corrected chi connectivity index (χ1v) is 5.28. The first-order valence-electron chi connectivity index (χ1n) is 3.45. The maximum absolute atomic E-state index is 10.6. The van der Waals surface area contributed by atoms with Gasteiger partial charge in [-0.25, -0.2) is 0 Å². The van der Waals surface area contributed by atoms with Crippen molar-refractivity contribution in [3.05, 3.63) is 0 Å². The van der Waals surface area contributed by atoms with E-state index in [1.807, 2.05) is 0 Å². The van der Waals surface area contributed by atoms with Gasteiger partial charge < -0.3 is 5.32 Å². The molecule has 86 valence electrons. The van der Waals surface area contributed by atoms with Crippen LogP contribution in [0.1, 0.15) is 12.8 Å². The van der Waals surface area contributed by atoms with Gasteiger partial charge in [0.25, 0.3) is 0 Å². The van der Waals surface area contributed by atoms with Crippen molar-refractivity contribution in [1.82, 2.24) is 5.32 Å². The van der Waals surface area contributed by atoms with Gasteiger partial charge in [0.1, 0.15) is 0 Å². The first kappa shape index (κ1) is 16.9. The summed E-state index contributed by atoms with van der Waals surface area (Å²) in [5.74, 6) is 0.204. The fraction of sp³-hybridized carbons (Fsp3) is 0.833. The van der Waals surface area contributed by atoms with Crippen LogP contribution in [0.3, 0.4) is 0 Å². The maximum atomic E-state index is 10.6. The van der Waals surface area contributed by atoms with Crippen LogP contribution >= 0.6 is 46.4 Å². The molecule has 0 spiro atoms. The first-order chi connectivity index (χ1) is 6.31. The highest BCUT2D eigenvalue weighted by Gasteiger charge is 2.17. The molecule has 1 aliphatic rings. The third-order valence-electron chi connectivity index (χ3n) is 0.903. The number of alkyl halides is 6. The number of hydrogen-bond acceptors (Lipinski definition) is 1. The second-order valence-electron chi connectivity index (χ2n) is 1.98. The Kier molecular flexibility index (Phi) is 12.1. The topological polar surface area (TPSA) is 29.1 Å². The fourth-order valence-corrected chi connectivity index (χ4v) is 0.565. The van der Waals surface area contributed by atoms with Crippen molar-refractivity contribution in [2.75, 3.05) is 11.9 Å². The second kappa shape index (κ2) is 10.0. The number of halogens is 6. The predicted octanol–water partition coefficient (Wildman–Crippen LogP) is 3.33. The Hall–Kier alpha value is 0.490. The Morgan fingerprint density at radius 2 is 1.71 bits per heavy atom. The van der Waals surface area contributed by atoms with E-state index in [2.05, 4.69) is 28.5 Å². The third kappa shape index (κ3) is 29.4. The summed E-state index contributed by atoms with van der Waals surface area (Å²) in [6, 6.07) is 0. The Balaban J connectivity index is 0. The van der Waals surface area contributed by atoms with Crippen molar-refractivity contribution >= 4 is 52.3 Å². The van der Waals surface area contributed by atoms with Gasteiger partial charge in [0, 0.05) is 13.0 Å². The quantitative estimate of drug-likeness (QED) is 0.681. The Morgan fingerprint density at radius 3 is 1.79 bits per heavy atom. The van der Waals surface area contributed by atoms with Crippen LogP contribution in [-0.2, 0) is 4.79 Å². The van der Waals surface area contributed by atoms with Crippen molar-refractivity contribution in [2.45, 2.75) is 17.7 Å². The number of hydrogen-bond donors (Lipinski definition) is 1. The number of amides is 1. The predicted molar refractivity (Wildman–Crippen MR) is 55.5 cm³/mol. The van der Waals surface area contributed by atoms with E-state index in [4.69, 9.17) is 23.2 Å². The van der Waals surface area contributed by atoms with Gasteiger partial charge in [-0.2, -0.15) is 8.78 Å². The molecule has 2 nitrogen and oxygen atoms in total. The molecule has 0 aromatic rings. The van der Waals surface area contributed by atoms with Gasteiger partial charge in [0.2, 0.25) is 5.91 Å². The molecule has 0 unspecified atom stereocenters. The third-order valence-corrected chi connectivity index (χ3v) is 0.903. The molecular formula is C6H9Cl4F2NO. The molecule has 0 atom stereocenters. The number of carbonyl (C=O) groups is 1. The molecule has 0 aliphatic carbocycles. The zero-order valence-electron chi connectivity index (χ0n) is 7.00. The lowest BCUT2D eigenvalue weighted by Crippen LogP contribution is -2.12. The van der Waals surface area contributed by atoms with Gasteiger partial charge in [0.15, 0.2) is 0 Å². The van der Waals surface area contributed by atoms with Crippen LogP contribution in [0.2, 0.25) is 0 Å². The van der Waals surface area contributed by atoms with Crippen molar-refractivity contribution in [1.29, 1.82) is 0 Å². The Bertz CT molecular complexity index is 139. The minimum Gasteiger partial charge on any atom is -0.356 e. The smallest absolute Gasteiger partial charge is 0.356 e. The standard InChI is InChI=1S/C4H7NO.CCl2F2.CH2Cl2/c6-4-2-1-3-5-4;2-1(3,4)5;2-1-3/h1-3H2,(H,5,6);;1H2. The molecule has 0 aromatic heterocycles. The van der Waals surface area contributed by atoms with Crippen LogP contribution < -0.4 is 5.32 Å². The lowest BCUT2D eigenvalue weighted by molar-refractivity contribution is -0.119. The lowest BCUT2D eigenvalue weighted by Gasteiger charge is -1.87. The molecule has 1 aliphatic heterocycles. The molecule has 0 radical (unpaired) electrons. The molecule has 0 bridgehead atoms. The summed E-state index contributed by atoms with van der Waals surface area (Å²) in [5, 5.41) is 2.88. The van der Waals surface area contributed by atoms with E-state index in [1.54, 1.807) is 0 Å². The SMILES string of the molecule is ClCCl.FC(F)(Cl)Cl.O=C1CCCN1. The van der Waals surface area contributed by atoms with E-state index in [1.165, 1.54) is 0 Å². The van der Waals surface area contributed by atoms with E-state index >= 15 is 0 Å². The van der Waals surface area contributed by atoms with E-state index in [-0.39, 0.29) is 11.2 Å². The molecule has 8 heteroatoms. The van der Waals surface area contributed by atoms with Crippen molar-refractivity contribution in [3.63, 3.8) is 0 Å². The average Bonchev–Trinajstić information content (AvgIpc) is 2.37.